The van der Waals surface area contributed by atoms with Crippen molar-refractivity contribution in [2.45, 2.75) is 96.0 Å². The van der Waals surface area contributed by atoms with E-state index < -0.39 is 35.1 Å². The fraction of sp³-hybridized carbons (Fsp3) is 0.714. The Morgan fingerprint density at radius 1 is 1.00 bits per heavy atom. The van der Waals surface area contributed by atoms with E-state index in [0.717, 1.165) is 19.3 Å². The monoisotopic (exact) mass is 393 g/mol. The van der Waals surface area contributed by atoms with Gasteiger partial charge in [0.25, 0.3) is 0 Å². The first-order chi connectivity index (χ1) is 12.3. The van der Waals surface area contributed by atoms with Crippen molar-refractivity contribution in [3.05, 3.63) is 35.9 Å². The first kappa shape index (κ1) is 22.8. The van der Waals surface area contributed by atoms with Gasteiger partial charge in [-0.2, -0.15) is 0 Å². The van der Waals surface area contributed by atoms with Crippen LogP contribution in [0.4, 0.5) is 0 Å². The normalized spacial score (nSPS) is 22.5. The van der Waals surface area contributed by atoms with Gasteiger partial charge in [0.1, 0.15) is 4.75 Å². The molecule has 27 heavy (non-hydrogen) atoms. The standard InChI is InChI=1S/C21H36BNO3S/c1-18(2,3)27(24)23-21(8,16-12-15-17-13-10-9-11-14-17)22-25-19(4,5)20(6,7)26-22/h9-11,13-14,23H,12,15-16H2,1-8H3/t21-,27+/m0/s1. The molecular weight excluding hydrogens is 357 g/mol. The van der Waals surface area contributed by atoms with E-state index in [2.05, 4.69) is 63.6 Å². The summed E-state index contributed by atoms with van der Waals surface area (Å²) in [6.45, 7) is 16.2. The predicted molar refractivity (Wildman–Crippen MR) is 115 cm³/mol. The lowest BCUT2D eigenvalue weighted by atomic mass is 9.63. The molecule has 1 heterocycles. The van der Waals surface area contributed by atoms with Gasteiger partial charge in [-0.15, -0.1) is 4.72 Å². The van der Waals surface area contributed by atoms with E-state index in [1.165, 1.54) is 5.56 Å². The lowest BCUT2D eigenvalue weighted by Gasteiger charge is -2.36. The quantitative estimate of drug-likeness (QED) is 0.549. The van der Waals surface area contributed by atoms with Crippen molar-refractivity contribution >= 4 is 18.5 Å². The number of aryl methyl sites for hydroxylation is 1. The molecule has 1 N–H and O–H groups in total. The number of benzene rings is 1. The summed E-state index contributed by atoms with van der Waals surface area (Å²) in [5.74, 6) is 0. The minimum atomic E-state index is -1.21. The van der Waals surface area contributed by atoms with Crippen molar-refractivity contribution in [3.8, 4) is 0 Å². The van der Waals surface area contributed by atoms with Crippen LogP contribution in [0.3, 0.4) is 0 Å². The highest BCUT2D eigenvalue weighted by Crippen LogP contribution is 2.41. The molecule has 152 valence electrons. The highest BCUT2D eigenvalue weighted by Gasteiger charge is 2.59. The van der Waals surface area contributed by atoms with Crippen LogP contribution in [-0.4, -0.2) is 33.1 Å². The molecule has 0 aromatic heterocycles. The zero-order valence-corrected chi connectivity index (χ0v) is 19.0. The number of hydrogen-bond donors (Lipinski definition) is 1. The Kier molecular flexibility index (Phi) is 6.81. The van der Waals surface area contributed by atoms with Crippen LogP contribution in [0.2, 0.25) is 0 Å². The molecule has 6 heteroatoms. The van der Waals surface area contributed by atoms with Crippen LogP contribution >= 0.6 is 0 Å². The first-order valence-corrected chi connectivity index (χ1v) is 11.0. The van der Waals surface area contributed by atoms with E-state index >= 15 is 0 Å². The van der Waals surface area contributed by atoms with Gasteiger partial charge in [-0.05, 0) is 80.2 Å². The minimum Gasteiger partial charge on any atom is -0.598 e. The SMILES string of the molecule is CC(C)(C)[S@@+]([O-])N[C@@](C)(CCCc1ccccc1)B1OC(C)(C)C(C)(C)O1. The molecule has 1 aliphatic rings. The van der Waals surface area contributed by atoms with Crippen LogP contribution in [0, 0.1) is 0 Å². The van der Waals surface area contributed by atoms with Gasteiger partial charge < -0.3 is 13.9 Å². The molecule has 2 rings (SSSR count). The van der Waals surface area contributed by atoms with Crippen LogP contribution in [-0.2, 0) is 27.1 Å². The molecule has 0 unspecified atom stereocenters. The third-order valence-electron chi connectivity index (χ3n) is 5.66. The average molecular weight is 393 g/mol. The van der Waals surface area contributed by atoms with Gasteiger partial charge in [-0.1, -0.05) is 30.3 Å². The van der Waals surface area contributed by atoms with Crippen molar-refractivity contribution < 1.29 is 13.9 Å². The molecule has 0 amide bonds. The molecule has 2 atom stereocenters. The number of nitrogens with one attached hydrogen (secondary N) is 1. The third kappa shape index (κ3) is 5.51. The summed E-state index contributed by atoms with van der Waals surface area (Å²) in [4.78, 5) is 0. The molecule has 1 saturated heterocycles. The highest BCUT2D eigenvalue weighted by atomic mass is 32.2. The molecule has 0 spiro atoms. The smallest absolute Gasteiger partial charge is 0.483 e. The molecule has 0 aliphatic carbocycles. The topological polar surface area (TPSA) is 53.5 Å². The summed E-state index contributed by atoms with van der Waals surface area (Å²) < 4.78 is 28.5. The maximum atomic E-state index is 12.9. The van der Waals surface area contributed by atoms with Crippen LogP contribution < -0.4 is 4.72 Å². The van der Waals surface area contributed by atoms with Gasteiger partial charge in [-0.3, -0.25) is 0 Å². The van der Waals surface area contributed by atoms with Crippen LogP contribution in [0.1, 0.15) is 73.8 Å². The van der Waals surface area contributed by atoms with E-state index in [0.29, 0.717) is 0 Å². The Balaban J connectivity index is 2.15. The maximum Gasteiger partial charge on any atom is 0.483 e. The Bertz CT molecular complexity index is 602. The summed E-state index contributed by atoms with van der Waals surface area (Å²) in [7, 11) is -0.454. The van der Waals surface area contributed by atoms with E-state index in [1.807, 2.05) is 26.8 Å². The molecule has 1 aromatic rings. The molecule has 0 saturated carbocycles. The summed E-state index contributed by atoms with van der Waals surface area (Å²) in [6.07, 6.45) is 2.74. The third-order valence-corrected chi connectivity index (χ3v) is 7.42. The lowest BCUT2D eigenvalue weighted by Crippen LogP contribution is -2.61. The number of hydrogen-bond acceptors (Lipinski definition) is 4. The van der Waals surface area contributed by atoms with Gasteiger partial charge in [0.05, 0.1) is 16.6 Å². The fourth-order valence-electron chi connectivity index (χ4n) is 2.99. The second kappa shape index (κ2) is 8.07. The molecule has 1 aliphatic heterocycles. The van der Waals surface area contributed by atoms with E-state index in [1.54, 1.807) is 0 Å². The van der Waals surface area contributed by atoms with Crippen molar-refractivity contribution in [2.75, 3.05) is 0 Å². The molecule has 4 nitrogen and oxygen atoms in total. The molecule has 0 bridgehead atoms. The Labute approximate surface area is 169 Å². The molecule has 1 aromatic carbocycles. The van der Waals surface area contributed by atoms with Crippen molar-refractivity contribution in [2.24, 2.45) is 0 Å². The van der Waals surface area contributed by atoms with Gasteiger partial charge in [0.15, 0.2) is 0 Å². The van der Waals surface area contributed by atoms with Gasteiger partial charge in [0, 0.05) is 11.4 Å². The zero-order valence-electron chi connectivity index (χ0n) is 18.2. The minimum absolute atomic E-state index is 0.357. The average Bonchev–Trinajstić information content (AvgIpc) is 2.76. The zero-order chi connectivity index (χ0) is 20.5. The van der Waals surface area contributed by atoms with Gasteiger partial charge in [-0.25, -0.2) is 0 Å². The van der Waals surface area contributed by atoms with E-state index in [-0.39, 0.29) is 4.75 Å². The van der Waals surface area contributed by atoms with E-state index in [4.69, 9.17) is 9.31 Å². The summed E-state index contributed by atoms with van der Waals surface area (Å²) in [6, 6.07) is 10.5. The molecule has 0 radical (unpaired) electrons. The lowest BCUT2D eigenvalue weighted by molar-refractivity contribution is 0.00578. The molecular formula is C21H36BNO3S. The van der Waals surface area contributed by atoms with Crippen molar-refractivity contribution in [1.29, 1.82) is 0 Å². The summed E-state index contributed by atoms with van der Waals surface area (Å²) in [5.41, 5.74) is -0.0597. The maximum absolute atomic E-state index is 12.9. The predicted octanol–water partition coefficient (Wildman–Crippen LogP) is 4.45. The Morgan fingerprint density at radius 2 is 1.52 bits per heavy atom. The highest BCUT2D eigenvalue weighted by molar-refractivity contribution is 7.90. The largest absolute Gasteiger partial charge is 0.598 e. The van der Waals surface area contributed by atoms with Crippen LogP contribution in [0.25, 0.3) is 0 Å². The second-order valence-corrected chi connectivity index (χ2v) is 11.8. The van der Waals surface area contributed by atoms with Crippen LogP contribution in [0.15, 0.2) is 30.3 Å². The van der Waals surface area contributed by atoms with E-state index in [9.17, 15) is 4.55 Å². The summed E-state index contributed by atoms with van der Waals surface area (Å²) in [5, 5.41) is 0. The van der Waals surface area contributed by atoms with Gasteiger partial charge in [0.2, 0.25) is 0 Å². The van der Waals surface area contributed by atoms with Gasteiger partial charge >= 0.3 is 7.12 Å². The molecule has 1 fully saturated rings. The Hall–Kier alpha value is -0.525. The first-order valence-electron chi connectivity index (χ1n) is 9.86. The Morgan fingerprint density at radius 3 is 2.00 bits per heavy atom. The fourth-order valence-corrected chi connectivity index (χ4v) is 3.92. The van der Waals surface area contributed by atoms with Crippen LogP contribution in [0.5, 0.6) is 0 Å². The number of rotatable bonds is 7. The summed E-state index contributed by atoms with van der Waals surface area (Å²) >= 11 is -1.21. The van der Waals surface area contributed by atoms with Crippen molar-refractivity contribution in [3.63, 3.8) is 0 Å². The van der Waals surface area contributed by atoms with Crippen molar-refractivity contribution in [1.82, 2.24) is 4.72 Å². The second-order valence-electron chi connectivity index (χ2n) is 9.83.